The van der Waals surface area contributed by atoms with E-state index in [1.165, 1.54) is 0 Å². The lowest BCUT2D eigenvalue weighted by Gasteiger charge is -2.35. The first-order valence-electron chi connectivity index (χ1n) is 7.36. The Kier molecular flexibility index (Phi) is 5.01. The molecule has 110 valence electrons. The minimum Gasteiger partial charge on any atom is -0.399 e. The van der Waals surface area contributed by atoms with Gasteiger partial charge in [0.25, 0.3) is 0 Å². The molecule has 0 spiro atoms. The third-order valence-electron chi connectivity index (χ3n) is 4.19. The van der Waals surface area contributed by atoms with Crippen LogP contribution in [0.2, 0.25) is 0 Å². The predicted molar refractivity (Wildman–Crippen MR) is 80.2 cm³/mol. The second-order valence-corrected chi connectivity index (χ2v) is 5.67. The van der Waals surface area contributed by atoms with Gasteiger partial charge in [0.1, 0.15) is 0 Å². The first-order chi connectivity index (χ1) is 9.58. The number of aliphatic hydroxyl groups is 1. The number of hydrogen-bond donors (Lipinski definition) is 2. The number of carbonyl (C=O) groups is 1. The highest BCUT2D eigenvalue weighted by Gasteiger charge is 2.28. The van der Waals surface area contributed by atoms with Gasteiger partial charge in [-0.25, -0.2) is 0 Å². The Morgan fingerprint density at radius 3 is 2.60 bits per heavy atom. The minimum absolute atomic E-state index is 0.0114. The van der Waals surface area contributed by atoms with E-state index in [1.54, 1.807) is 4.90 Å². The van der Waals surface area contributed by atoms with Gasteiger partial charge in [0.2, 0.25) is 5.91 Å². The predicted octanol–water partition coefficient (Wildman–Crippen LogP) is 1.96. The van der Waals surface area contributed by atoms with E-state index >= 15 is 0 Å². The maximum atomic E-state index is 12.2. The van der Waals surface area contributed by atoms with E-state index in [0.29, 0.717) is 12.8 Å². The van der Waals surface area contributed by atoms with Crippen molar-refractivity contribution in [1.29, 1.82) is 0 Å². The number of rotatable bonds is 4. The molecule has 1 aliphatic rings. The van der Waals surface area contributed by atoms with Crippen LogP contribution >= 0.6 is 0 Å². The van der Waals surface area contributed by atoms with Gasteiger partial charge in [0, 0.05) is 19.2 Å². The van der Waals surface area contributed by atoms with Gasteiger partial charge >= 0.3 is 0 Å². The average molecular weight is 276 g/mol. The SMILES string of the molecule is CN(C(=O)CCc1ccc(N)cc1)C1CCCCC1O. The summed E-state index contributed by atoms with van der Waals surface area (Å²) in [7, 11) is 1.81. The van der Waals surface area contributed by atoms with Crippen LogP contribution in [-0.4, -0.2) is 35.1 Å². The Morgan fingerprint density at radius 1 is 1.30 bits per heavy atom. The van der Waals surface area contributed by atoms with E-state index in [4.69, 9.17) is 5.73 Å². The van der Waals surface area contributed by atoms with Crippen molar-refractivity contribution < 1.29 is 9.90 Å². The van der Waals surface area contributed by atoms with Crippen LogP contribution in [0.4, 0.5) is 5.69 Å². The third kappa shape index (κ3) is 3.73. The molecule has 1 saturated carbocycles. The zero-order chi connectivity index (χ0) is 14.5. The summed E-state index contributed by atoms with van der Waals surface area (Å²) in [5, 5.41) is 10.00. The van der Waals surface area contributed by atoms with Crippen LogP contribution < -0.4 is 5.73 Å². The molecule has 1 fully saturated rings. The van der Waals surface area contributed by atoms with Gasteiger partial charge < -0.3 is 15.7 Å². The van der Waals surface area contributed by atoms with Crippen molar-refractivity contribution in [3.8, 4) is 0 Å². The van der Waals surface area contributed by atoms with Gasteiger partial charge in [0.05, 0.1) is 12.1 Å². The molecule has 3 N–H and O–H groups in total. The Morgan fingerprint density at radius 2 is 1.95 bits per heavy atom. The summed E-state index contributed by atoms with van der Waals surface area (Å²) < 4.78 is 0. The standard InChI is InChI=1S/C16H24N2O2/c1-18(14-4-2-3-5-15(14)19)16(20)11-8-12-6-9-13(17)10-7-12/h6-7,9-10,14-15,19H,2-5,8,11,17H2,1H3. The number of amides is 1. The number of hydrogen-bond acceptors (Lipinski definition) is 3. The molecule has 1 aromatic rings. The number of carbonyl (C=O) groups excluding carboxylic acids is 1. The Bertz CT molecular complexity index is 444. The fourth-order valence-electron chi connectivity index (χ4n) is 2.84. The number of anilines is 1. The Hall–Kier alpha value is -1.55. The maximum absolute atomic E-state index is 12.2. The monoisotopic (exact) mass is 276 g/mol. The maximum Gasteiger partial charge on any atom is 0.222 e. The lowest BCUT2D eigenvalue weighted by Crippen LogP contribution is -2.46. The van der Waals surface area contributed by atoms with Gasteiger partial charge in [-0.05, 0) is 37.0 Å². The smallest absolute Gasteiger partial charge is 0.222 e. The van der Waals surface area contributed by atoms with Crippen LogP contribution in [0.1, 0.15) is 37.7 Å². The van der Waals surface area contributed by atoms with Crippen LogP contribution in [0, 0.1) is 0 Å². The van der Waals surface area contributed by atoms with Crippen molar-refractivity contribution in [2.24, 2.45) is 0 Å². The summed E-state index contributed by atoms with van der Waals surface area (Å²) in [6, 6.07) is 7.61. The number of benzene rings is 1. The normalized spacial score (nSPS) is 22.5. The van der Waals surface area contributed by atoms with Gasteiger partial charge in [-0.15, -0.1) is 0 Å². The van der Waals surface area contributed by atoms with Crippen LogP contribution in [-0.2, 0) is 11.2 Å². The summed E-state index contributed by atoms with van der Waals surface area (Å²) in [5.41, 5.74) is 7.50. The van der Waals surface area contributed by atoms with Gasteiger partial charge in [-0.2, -0.15) is 0 Å². The van der Waals surface area contributed by atoms with Crippen molar-refractivity contribution in [2.45, 2.75) is 50.7 Å². The van der Waals surface area contributed by atoms with Gasteiger partial charge in [0.15, 0.2) is 0 Å². The van der Waals surface area contributed by atoms with Gasteiger partial charge in [-0.1, -0.05) is 25.0 Å². The molecular formula is C16H24N2O2. The first-order valence-corrected chi connectivity index (χ1v) is 7.36. The van der Waals surface area contributed by atoms with Crippen LogP contribution in [0.5, 0.6) is 0 Å². The van der Waals surface area contributed by atoms with Crippen molar-refractivity contribution in [3.63, 3.8) is 0 Å². The lowest BCUT2D eigenvalue weighted by molar-refractivity contribution is -0.135. The van der Waals surface area contributed by atoms with E-state index in [-0.39, 0.29) is 18.1 Å². The highest BCUT2D eigenvalue weighted by atomic mass is 16.3. The molecule has 1 amide bonds. The van der Waals surface area contributed by atoms with Crippen molar-refractivity contribution in [1.82, 2.24) is 4.90 Å². The van der Waals surface area contributed by atoms with E-state index in [0.717, 1.165) is 36.9 Å². The summed E-state index contributed by atoms with van der Waals surface area (Å²) in [5.74, 6) is 0.104. The molecule has 0 bridgehead atoms. The minimum atomic E-state index is -0.366. The highest BCUT2D eigenvalue weighted by Crippen LogP contribution is 2.23. The van der Waals surface area contributed by atoms with Crippen molar-refractivity contribution in [3.05, 3.63) is 29.8 Å². The number of aliphatic hydroxyl groups excluding tert-OH is 1. The molecule has 20 heavy (non-hydrogen) atoms. The number of nitrogens with two attached hydrogens (primary N) is 1. The Labute approximate surface area is 120 Å². The zero-order valence-electron chi connectivity index (χ0n) is 12.1. The van der Waals surface area contributed by atoms with Crippen LogP contribution in [0.15, 0.2) is 24.3 Å². The molecule has 0 heterocycles. The molecule has 0 saturated heterocycles. The molecule has 2 atom stereocenters. The van der Waals surface area contributed by atoms with E-state index in [1.807, 2.05) is 31.3 Å². The quantitative estimate of drug-likeness (QED) is 0.826. The number of aryl methyl sites for hydroxylation is 1. The van der Waals surface area contributed by atoms with E-state index in [9.17, 15) is 9.90 Å². The first kappa shape index (κ1) is 14.9. The molecule has 1 aromatic carbocycles. The molecule has 2 rings (SSSR count). The average Bonchev–Trinajstić information content (AvgIpc) is 2.46. The summed E-state index contributed by atoms with van der Waals surface area (Å²) in [4.78, 5) is 14.0. The number of nitrogen functional groups attached to an aromatic ring is 1. The summed E-state index contributed by atoms with van der Waals surface area (Å²) in [6.07, 6.45) is 4.69. The van der Waals surface area contributed by atoms with Crippen molar-refractivity contribution >= 4 is 11.6 Å². The molecule has 0 aliphatic heterocycles. The third-order valence-corrected chi connectivity index (χ3v) is 4.19. The molecule has 0 aromatic heterocycles. The zero-order valence-corrected chi connectivity index (χ0v) is 12.1. The molecule has 0 radical (unpaired) electrons. The molecule has 4 nitrogen and oxygen atoms in total. The highest BCUT2D eigenvalue weighted by molar-refractivity contribution is 5.76. The van der Waals surface area contributed by atoms with E-state index in [2.05, 4.69) is 0 Å². The van der Waals surface area contributed by atoms with Crippen LogP contribution in [0.3, 0.4) is 0 Å². The molecular weight excluding hydrogens is 252 g/mol. The molecule has 2 unspecified atom stereocenters. The van der Waals surface area contributed by atoms with Gasteiger partial charge in [-0.3, -0.25) is 4.79 Å². The number of nitrogens with zero attached hydrogens (tertiary/aromatic N) is 1. The fourth-order valence-corrected chi connectivity index (χ4v) is 2.84. The largest absolute Gasteiger partial charge is 0.399 e. The molecule has 4 heteroatoms. The topological polar surface area (TPSA) is 66.6 Å². The second kappa shape index (κ2) is 6.75. The second-order valence-electron chi connectivity index (χ2n) is 5.67. The fraction of sp³-hybridized carbons (Fsp3) is 0.562. The van der Waals surface area contributed by atoms with E-state index < -0.39 is 0 Å². The lowest BCUT2D eigenvalue weighted by atomic mass is 9.91. The summed E-state index contributed by atoms with van der Waals surface area (Å²) in [6.45, 7) is 0. The summed E-state index contributed by atoms with van der Waals surface area (Å²) >= 11 is 0. The molecule has 1 aliphatic carbocycles. The van der Waals surface area contributed by atoms with Crippen molar-refractivity contribution in [2.75, 3.05) is 12.8 Å². The Balaban J connectivity index is 1.86. The number of likely N-dealkylation sites (N-methyl/N-ethyl adjacent to an activating group) is 1. The van der Waals surface area contributed by atoms with Crippen LogP contribution in [0.25, 0.3) is 0 Å².